The van der Waals surface area contributed by atoms with E-state index in [2.05, 4.69) is 4.98 Å². The van der Waals surface area contributed by atoms with E-state index in [9.17, 15) is 4.79 Å². The van der Waals surface area contributed by atoms with Crippen LogP contribution < -0.4 is 5.73 Å². The average Bonchev–Trinajstić information content (AvgIpc) is 2.97. The zero-order valence-electron chi connectivity index (χ0n) is 9.35. The van der Waals surface area contributed by atoms with E-state index in [0.29, 0.717) is 10.6 Å². The quantitative estimate of drug-likeness (QED) is 0.839. The van der Waals surface area contributed by atoms with Gasteiger partial charge in [-0.25, -0.2) is 0 Å². The molecule has 0 unspecified atom stereocenters. The van der Waals surface area contributed by atoms with Crippen molar-refractivity contribution in [3.05, 3.63) is 23.2 Å². The number of aromatic nitrogens is 1. The van der Waals surface area contributed by atoms with Crippen LogP contribution in [0.25, 0.3) is 10.2 Å². The highest BCUT2D eigenvalue weighted by molar-refractivity contribution is 7.21. The highest BCUT2D eigenvalue weighted by atomic mass is 32.1. The number of carbonyl (C=O) groups excluding carboxylic acids is 1. The van der Waals surface area contributed by atoms with Gasteiger partial charge in [-0.15, -0.1) is 11.3 Å². The molecule has 0 spiro atoms. The van der Waals surface area contributed by atoms with E-state index in [-0.39, 0.29) is 5.91 Å². The average molecular weight is 247 g/mol. The van der Waals surface area contributed by atoms with Crippen LogP contribution in [-0.4, -0.2) is 28.9 Å². The number of nitrogens with zero attached hydrogens (tertiary/aromatic N) is 2. The van der Waals surface area contributed by atoms with Crippen LogP contribution in [0.1, 0.15) is 22.5 Å². The smallest absolute Gasteiger partial charge is 0.266 e. The molecule has 0 atom stereocenters. The number of anilines is 1. The largest absolute Gasteiger partial charge is 0.396 e. The molecule has 4 nitrogen and oxygen atoms in total. The second-order valence-electron chi connectivity index (χ2n) is 4.19. The second kappa shape index (κ2) is 4.00. The van der Waals surface area contributed by atoms with Gasteiger partial charge in [0.2, 0.25) is 0 Å². The number of thiophene rings is 1. The summed E-state index contributed by atoms with van der Waals surface area (Å²) in [4.78, 5) is 19.0. The Hall–Kier alpha value is -1.62. The predicted molar refractivity (Wildman–Crippen MR) is 69.2 cm³/mol. The van der Waals surface area contributed by atoms with Crippen LogP contribution in [-0.2, 0) is 0 Å². The number of amides is 1. The molecule has 2 N–H and O–H groups in total. The Labute approximate surface area is 103 Å². The van der Waals surface area contributed by atoms with Gasteiger partial charge in [-0.3, -0.25) is 9.78 Å². The van der Waals surface area contributed by atoms with Crippen LogP contribution >= 0.6 is 11.3 Å². The lowest BCUT2D eigenvalue weighted by Crippen LogP contribution is -2.27. The van der Waals surface area contributed by atoms with Gasteiger partial charge in [0, 0.05) is 19.3 Å². The minimum absolute atomic E-state index is 0.0583. The van der Waals surface area contributed by atoms with Crippen molar-refractivity contribution in [3.8, 4) is 0 Å². The highest BCUT2D eigenvalue weighted by Gasteiger charge is 2.24. The molecule has 17 heavy (non-hydrogen) atoms. The Kier molecular flexibility index (Phi) is 2.48. The molecule has 2 aromatic heterocycles. The number of nitrogen functional groups attached to an aromatic ring is 1. The van der Waals surface area contributed by atoms with Crippen LogP contribution in [0.5, 0.6) is 0 Å². The Bertz CT molecular complexity index is 572. The molecule has 0 radical (unpaired) electrons. The van der Waals surface area contributed by atoms with E-state index in [0.717, 1.165) is 36.1 Å². The summed E-state index contributed by atoms with van der Waals surface area (Å²) in [5, 5.41) is 0. The van der Waals surface area contributed by atoms with Crippen molar-refractivity contribution in [1.29, 1.82) is 0 Å². The molecule has 1 saturated heterocycles. The summed E-state index contributed by atoms with van der Waals surface area (Å²) in [5.74, 6) is 0.0583. The summed E-state index contributed by atoms with van der Waals surface area (Å²) in [6.45, 7) is 1.69. The zero-order valence-corrected chi connectivity index (χ0v) is 10.2. The normalized spacial score (nSPS) is 15.6. The molecular formula is C12H13N3OS. The fourth-order valence-electron chi connectivity index (χ4n) is 2.17. The minimum atomic E-state index is 0.0583. The van der Waals surface area contributed by atoms with Crippen LogP contribution in [0.3, 0.4) is 0 Å². The van der Waals surface area contributed by atoms with Gasteiger partial charge in [-0.2, -0.15) is 0 Å². The summed E-state index contributed by atoms with van der Waals surface area (Å²) in [6, 6.07) is 3.81. The lowest BCUT2D eigenvalue weighted by atomic mass is 10.3. The highest BCUT2D eigenvalue weighted by Crippen LogP contribution is 2.33. The maximum Gasteiger partial charge on any atom is 0.266 e. The molecule has 0 bridgehead atoms. The van der Waals surface area contributed by atoms with E-state index in [1.165, 1.54) is 11.3 Å². The molecule has 0 aromatic carbocycles. The number of likely N-dealkylation sites (tertiary alicyclic amines) is 1. The second-order valence-corrected chi connectivity index (χ2v) is 5.25. The molecular weight excluding hydrogens is 234 g/mol. The van der Waals surface area contributed by atoms with Gasteiger partial charge in [0.05, 0.1) is 10.4 Å². The summed E-state index contributed by atoms with van der Waals surface area (Å²) < 4.78 is 0.979. The molecule has 0 aliphatic carbocycles. The van der Waals surface area contributed by atoms with Gasteiger partial charge in [0.25, 0.3) is 5.91 Å². The first-order chi connectivity index (χ1) is 8.27. The van der Waals surface area contributed by atoms with Crippen molar-refractivity contribution >= 4 is 33.1 Å². The molecule has 3 heterocycles. The summed E-state index contributed by atoms with van der Waals surface area (Å²) >= 11 is 1.44. The third-order valence-corrected chi connectivity index (χ3v) is 4.22. The number of fused-ring (bicyclic) bond motifs is 1. The Morgan fingerprint density at radius 3 is 2.88 bits per heavy atom. The number of hydrogen-bond donors (Lipinski definition) is 1. The predicted octanol–water partition coefficient (Wildman–Crippen LogP) is 2.11. The fraction of sp³-hybridized carbons (Fsp3) is 0.333. The number of carbonyl (C=O) groups is 1. The SMILES string of the molecule is Nc1c(C(=O)N2CCCC2)sc2cccnc12. The van der Waals surface area contributed by atoms with Crippen molar-refractivity contribution in [2.45, 2.75) is 12.8 Å². The van der Waals surface area contributed by atoms with E-state index in [1.807, 2.05) is 17.0 Å². The van der Waals surface area contributed by atoms with E-state index < -0.39 is 0 Å². The molecule has 2 aromatic rings. The van der Waals surface area contributed by atoms with E-state index in [1.54, 1.807) is 6.20 Å². The third-order valence-electron chi connectivity index (χ3n) is 3.07. The van der Waals surface area contributed by atoms with Crippen molar-refractivity contribution in [2.75, 3.05) is 18.8 Å². The maximum atomic E-state index is 12.3. The lowest BCUT2D eigenvalue weighted by molar-refractivity contribution is 0.0798. The monoisotopic (exact) mass is 247 g/mol. The van der Waals surface area contributed by atoms with Crippen molar-refractivity contribution in [3.63, 3.8) is 0 Å². The Morgan fingerprint density at radius 1 is 1.41 bits per heavy atom. The molecule has 1 amide bonds. The zero-order chi connectivity index (χ0) is 11.8. The summed E-state index contributed by atoms with van der Waals surface area (Å²) in [6.07, 6.45) is 3.89. The molecule has 5 heteroatoms. The number of hydrogen-bond acceptors (Lipinski definition) is 4. The van der Waals surface area contributed by atoms with Gasteiger partial charge in [-0.05, 0) is 25.0 Å². The summed E-state index contributed by atoms with van der Waals surface area (Å²) in [5.41, 5.74) is 7.29. The van der Waals surface area contributed by atoms with Gasteiger partial charge in [0.1, 0.15) is 10.4 Å². The first-order valence-corrected chi connectivity index (χ1v) is 6.51. The Balaban J connectivity index is 2.05. The topological polar surface area (TPSA) is 59.2 Å². The number of pyridine rings is 1. The number of rotatable bonds is 1. The van der Waals surface area contributed by atoms with Crippen molar-refractivity contribution in [2.24, 2.45) is 0 Å². The fourth-order valence-corrected chi connectivity index (χ4v) is 3.22. The first-order valence-electron chi connectivity index (χ1n) is 5.69. The van der Waals surface area contributed by atoms with Gasteiger partial charge in [-0.1, -0.05) is 0 Å². The van der Waals surface area contributed by atoms with E-state index >= 15 is 0 Å². The minimum Gasteiger partial charge on any atom is -0.396 e. The van der Waals surface area contributed by atoms with Crippen LogP contribution in [0.2, 0.25) is 0 Å². The first kappa shape index (κ1) is 10.5. The molecule has 1 aliphatic heterocycles. The van der Waals surface area contributed by atoms with Gasteiger partial charge in [0.15, 0.2) is 0 Å². The molecule has 88 valence electrons. The van der Waals surface area contributed by atoms with Crippen molar-refractivity contribution < 1.29 is 4.79 Å². The molecule has 1 aliphatic rings. The third kappa shape index (κ3) is 1.67. The van der Waals surface area contributed by atoms with Crippen LogP contribution in [0, 0.1) is 0 Å². The van der Waals surface area contributed by atoms with Gasteiger partial charge >= 0.3 is 0 Å². The van der Waals surface area contributed by atoms with E-state index in [4.69, 9.17) is 5.73 Å². The molecule has 3 rings (SSSR count). The molecule has 0 saturated carbocycles. The standard InChI is InChI=1S/C12H13N3OS/c13-9-10-8(4-3-5-14-10)17-11(9)12(16)15-6-1-2-7-15/h3-5H,1-2,6-7,13H2. The Morgan fingerprint density at radius 2 is 2.18 bits per heavy atom. The van der Waals surface area contributed by atoms with Gasteiger partial charge < -0.3 is 10.6 Å². The maximum absolute atomic E-state index is 12.3. The number of nitrogens with two attached hydrogens (primary N) is 1. The molecule has 1 fully saturated rings. The summed E-state index contributed by atoms with van der Waals surface area (Å²) in [7, 11) is 0. The van der Waals surface area contributed by atoms with Crippen LogP contribution in [0.4, 0.5) is 5.69 Å². The van der Waals surface area contributed by atoms with Crippen LogP contribution in [0.15, 0.2) is 18.3 Å². The van der Waals surface area contributed by atoms with Crippen molar-refractivity contribution in [1.82, 2.24) is 9.88 Å². The lowest BCUT2D eigenvalue weighted by Gasteiger charge is -2.13.